The van der Waals surface area contributed by atoms with Gasteiger partial charge in [-0.15, -0.1) is 0 Å². The fourth-order valence-corrected chi connectivity index (χ4v) is 6.24. The van der Waals surface area contributed by atoms with Gasteiger partial charge >= 0.3 is 0 Å². The average molecular weight is 875 g/mol. The number of methoxy groups -OCH3 is 1. The number of halogens is 1. The summed E-state index contributed by atoms with van der Waals surface area (Å²) in [6.45, 7) is 14.3. The number of rotatable bonds is 17. The van der Waals surface area contributed by atoms with Crippen LogP contribution in [0.1, 0.15) is 81.6 Å². The van der Waals surface area contributed by atoms with Crippen LogP contribution in [0, 0.1) is 5.82 Å². The van der Waals surface area contributed by atoms with Gasteiger partial charge in [-0.3, -0.25) is 19.7 Å². The van der Waals surface area contributed by atoms with Crippen molar-refractivity contribution in [2.24, 2.45) is 0 Å². The Morgan fingerprint density at radius 3 is 2.25 bits per heavy atom. The first-order valence-corrected chi connectivity index (χ1v) is 21.7. The van der Waals surface area contributed by atoms with Crippen LogP contribution < -0.4 is 20.1 Å². The van der Waals surface area contributed by atoms with Crippen LogP contribution in [0.4, 0.5) is 10.1 Å². The zero-order valence-corrected chi connectivity index (χ0v) is 38.1. The Bertz CT molecular complexity index is 2180. The summed E-state index contributed by atoms with van der Waals surface area (Å²) in [7, 11) is 1.64. The maximum Gasteiger partial charge on any atom is 0.249 e. The van der Waals surface area contributed by atoms with E-state index in [1.54, 1.807) is 55.1 Å². The van der Waals surface area contributed by atoms with Crippen LogP contribution in [0.15, 0.2) is 140 Å². The SMILES string of the molecule is CC.CC.CC.COc1cccc(CNC(COCC=O)c2cnccc2Oc2ccccc2)c1.O=C1COCC(c2cnccc2NCc2ccc(F)cc2)N1Cc1ccccn1. The van der Waals surface area contributed by atoms with Crippen LogP contribution in [0.3, 0.4) is 0 Å². The number of aldehydes is 1. The van der Waals surface area contributed by atoms with Gasteiger partial charge in [0.15, 0.2) is 0 Å². The standard InChI is InChI=1S/C23H24N2O4.C22H21FN4O2.3C2H6/c1-27-20-9-5-6-18(14-20)15-25-22(17-28-13-12-26)21-16-24-11-10-23(21)29-19-7-3-2-4-8-19;23-17-6-4-16(5-7-17)11-26-20-8-10-24-12-19(20)21-14-29-15-22(28)27(21)13-18-3-1-2-9-25-18;3*1-2/h2-12,14,16,22,25H,13,15,17H2,1H3;1-10,12,21H,11,13-15H2,(H,24,26);3*1-2H3. The zero-order valence-electron chi connectivity index (χ0n) is 38.1. The summed E-state index contributed by atoms with van der Waals surface area (Å²) in [6.07, 6.45) is 9.36. The molecule has 7 rings (SSSR count). The molecule has 13 heteroatoms. The van der Waals surface area contributed by atoms with Gasteiger partial charge in [0.25, 0.3) is 0 Å². The van der Waals surface area contributed by atoms with Crippen molar-refractivity contribution in [3.63, 3.8) is 0 Å². The molecule has 1 amide bonds. The number of nitrogens with zero attached hydrogens (tertiary/aromatic N) is 4. The van der Waals surface area contributed by atoms with Crippen molar-refractivity contribution in [2.75, 3.05) is 38.9 Å². The van der Waals surface area contributed by atoms with E-state index in [1.165, 1.54) is 12.1 Å². The molecule has 0 radical (unpaired) electrons. The van der Waals surface area contributed by atoms with E-state index in [0.717, 1.165) is 51.4 Å². The van der Waals surface area contributed by atoms with Gasteiger partial charge in [-0.05, 0) is 71.8 Å². The normalized spacial score (nSPS) is 13.1. The van der Waals surface area contributed by atoms with Gasteiger partial charge < -0.3 is 39.3 Å². The number of carbonyl (C=O) groups excluding carboxylic acids is 2. The van der Waals surface area contributed by atoms with Gasteiger partial charge in [0, 0.05) is 60.9 Å². The number of nitrogens with one attached hydrogen (secondary N) is 2. The highest BCUT2D eigenvalue weighted by molar-refractivity contribution is 5.79. The summed E-state index contributed by atoms with van der Waals surface area (Å²) in [5.41, 5.74) is 5.43. The molecular weight excluding hydrogens is 812 g/mol. The third-order valence-corrected chi connectivity index (χ3v) is 9.18. The summed E-state index contributed by atoms with van der Waals surface area (Å²) >= 11 is 0. The molecule has 1 aliphatic rings. The van der Waals surface area contributed by atoms with E-state index in [0.29, 0.717) is 38.6 Å². The number of aromatic nitrogens is 3. The summed E-state index contributed by atoms with van der Waals surface area (Å²) in [5.74, 6) is 1.87. The number of morpholine rings is 1. The molecule has 0 bridgehead atoms. The number of pyridine rings is 3. The van der Waals surface area contributed by atoms with Crippen molar-refractivity contribution in [1.82, 2.24) is 25.2 Å². The molecule has 64 heavy (non-hydrogen) atoms. The lowest BCUT2D eigenvalue weighted by Gasteiger charge is -2.36. The second kappa shape index (κ2) is 30.5. The van der Waals surface area contributed by atoms with Crippen molar-refractivity contribution in [1.29, 1.82) is 0 Å². The molecular formula is C51H63FN6O6. The number of carbonyl (C=O) groups is 2. The lowest BCUT2D eigenvalue weighted by molar-refractivity contribution is -0.149. The van der Waals surface area contributed by atoms with Crippen molar-refractivity contribution >= 4 is 17.9 Å². The van der Waals surface area contributed by atoms with E-state index < -0.39 is 0 Å². The Balaban J connectivity index is 0.000000305. The van der Waals surface area contributed by atoms with Gasteiger partial charge in [0.1, 0.15) is 42.6 Å². The van der Waals surface area contributed by atoms with E-state index in [9.17, 15) is 14.0 Å². The van der Waals surface area contributed by atoms with Crippen LogP contribution in [-0.4, -0.2) is 65.6 Å². The Hall–Kier alpha value is -6.54. The lowest BCUT2D eigenvalue weighted by atomic mass is 10.0. The largest absolute Gasteiger partial charge is 0.497 e. The van der Waals surface area contributed by atoms with Crippen molar-refractivity contribution in [3.05, 3.63) is 174 Å². The first-order valence-electron chi connectivity index (χ1n) is 21.7. The summed E-state index contributed by atoms with van der Waals surface area (Å²) in [4.78, 5) is 37.9. The van der Waals surface area contributed by atoms with E-state index >= 15 is 0 Å². The molecule has 12 nitrogen and oxygen atoms in total. The Morgan fingerprint density at radius 2 is 1.53 bits per heavy atom. The summed E-state index contributed by atoms with van der Waals surface area (Å²) < 4.78 is 35.5. The second-order valence-corrected chi connectivity index (χ2v) is 13.1. The smallest absolute Gasteiger partial charge is 0.249 e. The second-order valence-electron chi connectivity index (χ2n) is 13.1. The average Bonchev–Trinajstić information content (AvgIpc) is 3.36. The van der Waals surface area contributed by atoms with E-state index in [2.05, 4.69) is 25.6 Å². The number of amides is 1. The molecule has 4 heterocycles. The molecule has 2 unspecified atom stereocenters. The number of anilines is 1. The van der Waals surface area contributed by atoms with Gasteiger partial charge in [-0.1, -0.05) is 90.1 Å². The predicted molar refractivity (Wildman–Crippen MR) is 251 cm³/mol. The van der Waals surface area contributed by atoms with Crippen LogP contribution >= 0.6 is 0 Å². The maximum absolute atomic E-state index is 13.1. The van der Waals surface area contributed by atoms with E-state index in [4.69, 9.17) is 18.9 Å². The molecule has 6 aromatic rings. The Morgan fingerprint density at radius 1 is 0.812 bits per heavy atom. The highest BCUT2D eigenvalue weighted by Gasteiger charge is 2.32. The highest BCUT2D eigenvalue weighted by Crippen LogP contribution is 2.32. The fraction of sp³-hybridized carbons (Fsp3) is 0.314. The van der Waals surface area contributed by atoms with Crippen molar-refractivity contribution < 1.29 is 32.9 Å². The van der Waals surface area contributed by atoms with Crippen LogP contribution in [-0.2, 0) is 38.7 Å². The summed E-state index contributed by atoms with van der Waals surface area (Å²) in [5, 5.41) is 6.85. The van der Waals surface area contributed by atoms with Crippen LogP contribution in [0.2, 0.25) is 0 Å². The third kappa shape index (κ3) is 17.0. The van der Waals surface area contributed by atoms with Crippen molar-refractivity contribution in [2.45, 2.75) is 73.3 Å². The molecule has 1 fully saturated rings. The zero-order chi connectivity index (χ0) is 46.4. The minimum atomic E-state index is -0.275. The molecule has 1 saturated heterocycles. The molecule has 2 atom stereocenters. The topological polar surface area (TPSA) is 137 Å². The molecule has 3 aromatic carbocycles. The first kappa shape index (κ1) is 51.8. The van der Waals surface area contributed by atoms with Crippen molar-refractivity contribution in [3.8, 4) is 17.2 Å². The fourth-order valence-electron chi connectivity index (χ4n) is 6.24. The number of hydrogen-bond acceptors (Lipinski definition) is 11. The third-order valence-electron chi connectivity index (χ3n) is 9.18. The van der Waals surface area contributed by atoms with Gasteiger partial charge in [-0.2, -0.15) is 0 Å². The minimum Gasteiger partial charge on any atom is -0.497 e. The molecule has 0 saturated carbocycles. The number of benzene rings is 3. The van der Waals surface area contributed by atoms with Crippen LogP contribution in [0.5, 0.6) is 17.2 Å². The quantitative estimate of drug-likeness (QED) is 0.0669. The Kier molecular flexibility index (Phi) is 24.7. The molecule has 340 valence electrons. The Labute approximate surface area is 378 Å². The number of ether oxygens (including phenoxy) is 4. The van der Waals surface area contributed by atoms with Crippen LogP contribution in [0.25, 0.3) is 0 Å². The van der Waals surface area contributed by atoms with Gasteiger partial charge in [0.2, 0.25) is 5.91 Å². The molecule has 2 N–H and O–H groups in total. The molecule has 1 aliphatic heterocycles. The molecule has 0 spiro atoms. The minimum absolute atomic E-state index is 0.0342. The highest BCUT2D eigenvalue weighted by atomic mass is 19.1. The predicted octanol–water partition coefficient (Wildman–Crippen LogP) is 10.3. The first-order chi connectivity index (χ1) is 31.5. The lowest BCUT2D eigenvalue weighted by Crippen LogP contribution is -2.44. The van der Waals surface area contributed by atoms with Gasteiger partial charge in [-0.25, -0.2) is 4.39 Å². The van der Waals surface area contributed by atoms with E-state index in [-0.39, 0.29) is 37.0 Å². The maximum atomic E-state index is 13.1. The van der Waals surface area contributed by atoms with E-state index in [1.807, 2.05) is 126 Å². The summed E-state index contributed by atoms with van der Waals surface area (Å²) in [6, 6.07) is 32.6. The molecule has 0 aliphatic carbocycles. The monoisotopic (exact) mass is 874 g/mol. The number of para-hydroxylation sites is 1. The molecule has 3 aromatic heterocycles. The number of hydrogen-bond donors (Lipinski definition) is 2. The van der Waals surface area contributed by atoms with Gasteiger partial charge in [0.05, 0.1) is 44.6 Å².